The number of fused-ring (bicyclic) bond motifs is 2. The van der Waals surface area contributed by atoms with Gasteiger partial charge in [-0.3, -0.25) is 0 Å². The van der Waals surface area contributed by atoms with Crippen LogP contribution in [0.25, 0.3) is 0 Å². The predicted octanol–water partition coefficient (Wildman–Crippen LogP) is 2.92. The van der Waals surface area contributed by atoms with Crippen molar-refractivity contribution in [1.82, 2.24) is 0 Å². The van der Waals surface area contributed by atoms with E-state index >= 15 is 0 Å². The highest BCUT2D eigenvalue weighted by atomic mass is 16.5. The fourth-order valence-corrected chi connectivity index (χ4v) is 3.14. The van der Waals surface area contributed by atoms with Crippen molar-refractivity contribution in [2.24, 2.45) is 11.8 Å². The third kappa shape index (κ3) is 1.61. The Bertz CT molecular complexity index is 375. The molecule has 16 heavy (non-hydrogen) atoms. The minimum absolute atomic E-state index is 0.330. The molecular formula is C14H18O2. The second-order valence-electron chi connectivity index (χ2n) is 5.00. The second-order valence-corrected chi connectivity index (χ2v) is 5.00. The maximum absolute atomic E-state index is 10.5. The SMILES string of the molecule is O[C@@H]1c2ccccc2OC[C@H]2CCCC[C@@H]21. The number of ether oxygens (including phenoxy) is 1. The van der Waals surface area contributed by atoms with E-state index in [2.05, 4.69) is 0 Å². The van der Waals surface area contributed by atoms with Crippen molar-refractivity contribution in [3.05, 3.63) is 29.8 Å². The van der Waals surface area contributed by atoms with Gasteiger partial charge in [0.05, 0.1) is 12.7 Å². The first-order chi connectivity index (χ1) is 7.86. The van der Waals surface area contributed by atoms with Crippen LogP contribution in [-0.4, -0.2) is 11.7 Å². The Morgan fingerprint density at radius 3 is 2.88 bits per heavy atom. The number of rotatable bonds is 0. The van der Waals surface area contributed by atoms with Crippen LogP contribution < -0.4 is 4.74 Å². The van der Waals surface area contributed by atoms with Crippen molar-refractivity contribution in [2.75, 3.05) is 6.61 Å². The Morgan fingerprint density at radius 1 is 1.12 bits per heavy atom. The highest BCUT2D eigenvalue weighted by Gasteiger charge is 2.35. The molecule has 1 N–H and O–H groups in total. The summed E-state index contributed by atoms with van der Waals surface area (Å²) in [5.41, 5.74) is 0.983. The highest BCUT2D eigenvalue weighted by molar-refractivity contribution is 5.36. The number of aliphatic hydroxyl groups excluding tert-OH is 1. The van der Waals surface area contributed by atoms with Crippen LogP contribution in [0, 0.1) is 11.8 Å². The van der Waals surface area contributed by atoms with Gasteiger partial charge in [-0.05, 0) is 30.7 Å². The summed E-state index contributed by atoms with van der Waals surface area (Å²) in [7, 11) is 0. The van der Waals surface area contributed by atoms with Crippen molar-refractivity contribution in [2.45, 2.75) is 31.8 Å². The van der Waals surface area contributed by atoms with Crippen molar-refractivity contribution in [3.63, 3.8) is 0 Å². The smallest absolute Gasteiger partial charge is 0.125 e. The van der Waals surface area contributed by atoms with Crippen molar-refractivity contribution < 1.29 is 9.84 Å². The van der Waals surface area contributed by atoms with E-state index in [1.165, 1.54) is 19.3 Å². The number of benzene rings is 1. The van der Waals surface area contributed by atoms with Gasteiger partial charge >= 0.3 is 0 Å². The molecule has 3 atom stereocenters. The Hall–Kier alpha value is -1.02. The van der Waals surface area contributed by atoms with Gasteiger partial charge in [0.1, 0.15) is 5.75 Å². The Labute approximate surface area is 96.2 Å². The van der Waals surface area contributed by atoms with Gasteiger partial charge in [0.2, 0.25) is 0 Å². The standard InChI is InChI=1S/C14H18O2/c15-14-11-6-2-1-5-10(11)9-16-13-8-4-3-7-12(13)14/h3-4,7-8,10-11,14-15H,1-2,5-6,9H2/t10-,11+,14+/m1/s1. The van der Waals surface area contributed by atoms with Crippen LogP contribution in [0.4, 0.5) is 0 Å². The molecule has 0 unspecified atom stereocenters. The summed E-state index contributed by atoms with van der Waals surface area (Å²) in [5, 5.41) is 10.5. The molecule has 2 aliphatic rings. The van der Waals surface area contributed by atoms with Gasteiger partial charge in [-0.2, -0.15) is 0 Å². The van der Waals surface area contributed by atoms with E-state index in [1.807, 2.05) is 24.3 Å². The van der Waals surface area contributed by atoms with Crippen LogP contribution in [0.5, 0.6) is 5.75 Å². The molecular weight excluding hydrogens is 200 g/mol. The van der Waals surface area contributed by atoms with E-state index in [4.69, 9.17) is 4.74 Å². The summed E-state index contributed by atoms with van der Waals surface area (Å²) in [4.78, 5) is 0. The molecule has 2 heteroatoms. The first-order valence-corrected chi connectivity index (χ1v) is 6.26. The lowest BCUT2D eigenvalue weighted by atomic mass is 9.75. The van der Waals surface area contributed by atoms with E-state index < -0.39 is 0 Å². The van der Waals surface area contributed by atoms with Gasteiger partial charge < -0.3 is 9.84 Å². The molecule has 1 aliphatic heterocycles. The lowest BCUT2D eigenvalue weighted by Crippen LogP contribution is -2.27. The van der Waals surface area contributed by atoms with Crippen molar-refractivity contribution in [1.29, 1.82) is 0 Å². The Morgan fingerprint density at radius 2 is 1.94 bits per heavy atom. The Balaban J connectivity index is 1.96. The zero-order chi connectivity index (χ0) is 11.0. The van der Waals surface area contributed by atoms with Crippen molar-refractivity contribution >= 4 is 0 Å². The number of hydrogen-bond donors (Lipinski definition) is 1. The van der Waals surface area contributed by atoms with Crippen LogP contribution in [0.2, 0.25) is 0 Å². The van der Waals surface area contributed by atoms with Gasteiger partial charge in [-0.1, -0.05) is 31.0 Å². The molecule has 1 aromatic carbocycles. The van der Waals surface area contributed by atoms with Crippen LogP contribution >= 0.6 is 0 Å². The highest BCUT2D eigenvalue weighted by Crippen LogP contribution is 2.43. The lowest BCUT2D eigenvalue weighted by Gasteiger charge is -2.31. The van der Waals surface area contributed by atoms with Gasteiger partial charge in [-0.25, -0.2) is 0 Å². The molecule has 86 valence electrons. The molecule has 0 bridgehead atoms. The number of aliphatic hydroxyl groups is 1. The van der Waals surface area contributed by atoms with Crippen LogP contribution in [-0.2, 0) is 0 Å². The molecule has 1 aromatic rings. The molecule has 1 fully saturated rings. The zero-order valence-electron chi connectivity index (χ0n) is 9.43. The number of hydrogen-bond acceptors (Lipinski definition) is 2. The minimum atomic E-state index is -0.330. The summed E-state index contributed by atoms with van der Waals surface area (Å²) in [6.07, 6.45) is 4.55. The average molecular weight is 218 g/mol. The quantitative estimate of drug-likeness (QED) is 0.725. The third-order valence-corrected chi connectivity index (χ3v) is 4.06. The molecule has 1 heterocycles. The van der Waals surface area contributed by atoms with E-state index in [9.17, 15) is 5.11 Å². The first kappa shape index (κ1) is 10.2. The molecule has 0 aromatic heterocycles. The fourth-order valence-electron chi connectivity index (χ4n) is 3.14. The molecule has 1 saturated carbocycles. The van der Waals surface area contributed by atoms with E-state index in [0.717, 1.165) is 24.3 Å². The normalized spacial score (nSPS) is 33.2. The molecule has 0 amide bonds. The van der Waals surface area contributed by atoms with E-state index in [1.54, 1.807) is 0 Å². The average Bonchev–Trinajstić information content (AvgIpc) is 2.49. The summed E-state index contributed by atoms with van der Waals surface area (Å²) in [6.45, 7) is 0.777. The monoisotopic (exact) mass is 218 g/mol. The van der Waals surface area contributed by atoms with Gasteiger partial charge in [0.25, 0.3) is 0 Å². The summed E-state index contributed by atoms with van der Waals surface area (Å²) in [6, 6.07) is 7.92. The summed E-state index contributed by atoms with van der Waals surface area (Å²) >= 11 is 0. The second kappa shape index (κ2) is 4.10. The maximum atomic E-state index is 10.5. The summed E-state index contributed by atoms with van der Waals surface area (Å²) in [5.74, 6) is 1.82. The van der Waals surface area contributed by atoms with Crippen LogP contribution in [0.15, 0.2) is 24.3 Å². The molecule has 3 rings (SSSR count). The van der Waals surface area contributed by atoms with E-state index in [-0.39, 0.29) is 6.10 Å². The molecule has 0 spiro atoms. The largest absolute Gasteiger partial charge is 0.493 e. The molecule has 0 saturated heterocycles. The summed E-state index contributed by atoms with van der Waals surface area (Å²) < 4.78 is 5.83. The fraction of sp³-hybridized carbons (Fsp3) is 0.571. The van der Waals surface area contributed by atoms with Crippen molar-refractivity contribution in [3.8, 4) is 5.75 Å². The van der Waals surface area contributed by atoms with Crippen LogP contribution in [0.3, 0.4) is 0 Å². The first-order valence-electron chi connectivity index (χ1n) is 6.26. The zero-order valence-corrected chi connectivity index (χ0v) is 9.43. The third-order valence-electron chi connectivity index (χ3n) is 4.06. The van der Waals surface area contributed by atoms with Gasteiger partial charge in [0.15, 0.2) is 0 Å². The maximum Gasteiger partial charge on any atom is 0.125 e. The van der Waals surface area contributed by atoms with Gasteiger partial charge in [-0.15, -0.1) is 0 Å². The lowest BCUT2D eigenvalue weighted by molar-refractivity contribution is 0.0422. The topological polar surface area (TPSA) is 29.5 Å². The van der Waals surface area contributed by atoms with Gasteiger partial charge in [0, 0.05) is 5.56 Å². The molecule has 0 radical (unpaired) electrons. The minimum Gasteiger partial charge on any atom is -0.493 e. The molecule has 1 aliphatic carbocycles. The van der Waals surface area contributed by atoms with Crippen LogP contribution in [0.1, 0.15) is 37.4 Å². The predicted molar refractivity (Wildman–Crippen MR) is 62.3 cm³/mol. The van der Waals surface area contributed by atoms with E-state index in [0.29, 0.717) is 11.8 Å². The Kier molecular flexibility index (Phi) is 2.60. The molecule has 2 nitrogen and oxygen atoms in total. The number of para-hydroxylation sites is 1.